The largest absolute Gasteiger partial charge is 0.448 e. The third kappa shape index (κ3) is 2.05. The van der Waals surface area contributed by atoms with Crippen LogP contribution in [0, 0.1) is 0 Å². The van der Waals surface area contributed by atoms with Crippen LogP contribution in [0.4, 0.5) is 0 Å². The lowest BCUT2D eigenvalue weighted by Gasteiger charge is -2.07. The second kappa shape index (κ2) is 4.09. The van der Waals surface area contributed by atoms with Crippen molar-refractivity contribution >= 4 is 17.8 Å². The molecule has 1 unspecified atom stereocenters. The maximum atomic E-state index is 11.5. The van der Waals surface area contributed by atoms with Crippen molar-refractivity contribution in [2.45, 2.75) is 12.5 Å². The predicted octanol–water partition coefficient (Wildman–Crippen LogP) is -0.346. The predicted molar refractivity (Wildman–Crippen MR) is 51.2 cm³/mol. The zero-order chi connectivity index (χ0) is 11.5. The van der Waals surface area contributed by atoms with Crippen molar-refractivity contribution in [2.75, 3.05) is 0 Å². The molecule has 0 aromatic carbocycles. The van der Waals surface area contributed by atoms with E-state index in [-0.39, 0.29) is 12.0 Å². The van der Waals surface area contributed by atoms with Gasteiger partial charge in [0, 0.05) is 12.4 Å². The van der Waals surface area contributed by atoms with Crippen molar-refractivity contribution < 1.29 is 19.1 Å². The van der Waals surface area contributed by atoms with E-state index in [2.05, 4.69) is 10.3 Å². The van der Waals surface area contributed by atoms with Gasteiger partial charge in [0.1, 0.15) is 0 Å². The Balaban J connectivity index is 2.03. The molecule has 0 bridgehead atoms. The van der Waals surface area contributed by atoms with Gasteiger partial charge in [0.05, 0.1) is 12.0 Å². The number of carbonyl (C=O) groups excluding carboxylic acids is 3. The smallest absolute Gasteiger partial charge is 0.340 e. The molecule has 2 rings (SSSR count). The monoisotopic (exact) mass is 220 g/mol. The van der Waals surface area contributed by atoms with E-state index in [9.17, 15) is 14.4 Å². The van der Waals surface area contributed by atoms with E-state index >= 15 is 0 Å². The van der Waals surface area contributed by atoms with Gasteiger partial charge in [-0.25, -0.2) is 4.79 Å². The molecular weight excluding hydrogens is 212 g/mol. The highest BCUT2D eigenvalue weighted by atomic mass is 16.5. The normalized spacial score (nSPS) is 19.4. The standard InChI is InChI=1S/C10H8N2O4/c13-8-4-7(9(14)12-8)16-10(15)6-2-1-3-11-5-6/h1-3,5,7H,4H2,(H,12,13,14). The summed E-state index contributed by atoms with van der Waals surface area (Å²) in [7, 11) is 0. The molecule has 2 heterocycles. The Morgan fingerprint density at radius 2 is 2.31 bits per heavy atom. The molecule has 0 radical (unpaired) electrons. The quantitative estimate of drug-likeness (QED) is 0.544. The number of ether oxygens (including phenoxy) is 1. The lowest BCUT2D eigenvalue weighted by Crippen LogP contribution is -2.28. The van der Waals surface area contributed by atoms with E-state index in [1.54, 1.807) is 6.07 Å². The van der Waals surface area contributed by atoms with Gasteiger partial charge in [-0.2, -0.15) is 0 Å². The summed E-state index contributed by atoms with van der Waals surface area (Å²) in [5.74, 6) is -1.68. The van der Waals surface area contributed by atoms with Crippen LogP contribution in [-0.2, 0) is 14.3 Å². The van der Waals surface area contributed by atoms with Gasteiger partial charge in [0.25, 0.3) is 5.91 Å². The number of nitrogens with one attached hydrogen (secondary N) is 1. The molecule has 1 saturated heterocycles. The number of hydrogen-bond acceptors (Lipinski definition) is 5. The van der Waals surface area contributed by atoms with Crippen molar-refractivity contribution in [3.8, 4) is 0 Å². The topological polar surface area (TPSA) is 85.4 Å². The Hall–Kier alpha value is -2.24. The Morgan fingerprint density at radius 3 is 2.88 bits per heavy atom. The number of amides is 2. The van der Waals surface area contributed by atoms with Crippen LogP contribution < -0.4 is 5.32 Å². The molecule has 16 heavy (non-hydrogen) atoms. The summed E-state index contributed by atoms with van der Waals surface area (Å²) in [4.78, 5) is 37.2. The summed E-state index contributed by atoms with van der Waals surface area (Å²) in [6.45, 7) is 0. The minimum Gasteiger partial charge on any atom is -0.448 e. The number of aromatic nitrogens is 1. The summed E-state index contributed by atoms with van der Waals surface area (Å²) < 4.78 is 4.87. The number of carbonyl (C=O) groups is 3. The summed E-state index contributed by atoms with van der Waals surface area (Å²) in [6.07, 6.45) is 1.70. The van der Waals surface area contributed by atoms with Crippen molar-refractivity contribution in [3.63, 3.8) is 0 Å². The highest BCUT2D eigenvalue weighted by Gasteiger charge is 2.33. The van der Waals surface area contributed by atoms with Crippen LogP contribution in [0.2, 0.25) is 0 Å². The molecule has 82 valence electrons. The van der Waals surface area contributed by atoms with E-state index in [0.717, 1.165) is 0 Å². The molecule has 6 heteroatoms. The fourth-order valence-electron chi connectivity index (χ4n) is 1.31. The average Bonchev–Trinajstić information content (AvgIpc) is 2.59. The van der Waals surface area contributed by atoms with Crippen LogP contribution in [0.1, 0.15) is 16.8 Å². The molecule has 1 aromatic rings. The van der Waals surface area contributed by atoms with Crippen molar-refractivity contribution in [3.05, 3.63) is 30.1 Å². The minimum atomic E-state index is -1.03. The van der Waals surface area contributed by atoms with Crippen LogP contribution in [0.3, 0.4) is 0 Å². The lowest BCUT2D eigenvalue weighted by molar-refractivity contribution is -0.128. The first kappa shape index (κ1) is 10.3. The number of nitrogens with zero attached hydrogens (tertiary/aromatic N) is 1. The Morgan fingerprint density at radius 1 is 1.50 bits per heavy atom. The van der Waals surface area contributed by atoms with E-state index in [1.807, 2.05) is 0 Å². The van der Waals surface area contributed by atoms with E-state index in [0.29, 0.717) is 0 Å². The summed E-state index contributed by atoms with van der Waals surface area (Å²) >= 11 is 0. The van der Waals surface area contributed by atoms with E-state index in [1.165, 1.54) is 18.5 Å². The molecule has 1 aliphatic heterocycles. The first-order valence-corrected chi connectivity index (χ1v) is 4.61. The molecule has 0 aliphatic carbocycles. The number of rotatable bonds is 2. The molecule has 1 aromatic heterocycles. The number of pyridine rings is 1. The summed E-state index contributed by atoms with van der Waals surface area (Å²) in [5.41, 5.74) is 0.245. The molecule has 2 amide bonds. The maximum Gasteiger partial charge on any atom is 0.340 e. The number of esters is 1. The van der Waals surface area contributed by atoms with Crippen LogP contribution >= 0.6 is 0 Å². The van der Waals surface area contributed by atoms with Crippen LogP contribution in [-0.4, -0.2) is 28.9 Å². The number of imide groups is 1. The molecule has 6 nitrogen and oxygen atoms in total. The molecule has 1 fully saturated rings. The average molecular weight is 220 g/mol. The van der Waals surface area contributed by atoms with Gasteiger partial charge in [-0.1, -0.05) is 0 Å². The molecule has 0 spiro atoms. The van der Waals surface area contributed by atoms with E-state index < -0.39 is 23.9 Å². The van der Waals surface area contributed by atoms with Crippen LogP contribution in [0.25, 0.3) is 0 Å². The maximum absolute atomic E-state index is 11.5. The third-order valence-corrected chi connectivity index (χ3v) is 2.07. The fraction of sp³-hybridized carbons (Fsp3) is 0.200. The molecular formula is C10H8N2O4. The van der Waals surface area contributed by atoms with Gasteiger partial charge in [-0.3, -0.25) is 19.9 Å². The van der Waals surface area contributed by atoms with Crippen molar-refractivity contribution in [1.29, 1.82) is 0 Å². The van der Waals surface area contributed by atoms with Crippen molar-refractivity contribution in [1.82, 2.24) is 10.3 Å². The SMILES string of the molecule is O=C1CC(OC(=O)c2cccnc2)C(=O)N1. The Bertz CT molecular complexity index is 443. The van der Waals surface area contributed by atoms with E-state index in [4.69, 9.17) is 4.74 Å². The molecule has 0 saturated carbocycles. The first-order chi connectivity index (χ1) is 7.66. The molecule has 1 atom stereocenters. The highest BCUT2D eigenvalue weighted by Crippen LogP contribution is 2.09. The molecule has 1 N–H and O–H groups in total. The van der Waals surface area contributed by atoms with Crippen molar-refractivity contribution in [2.24, 2.45) is 0 Å². The van der Waals surface area contributed by atoms with Crippen LogP contribution in [0.15, 0.2) is 24.5 Å². The first-order valence-electron chi connectivity index (χ1n) is 4.61. The lowest BCUT2D eigenvalue weighted by atomic mass is 10.2. The van der Waals surface area contributed by atoms with Gasteiger partial charge in [-0.15, -0.1) is 0 Å². The second-order valence-corrected chi connectivity index (χ2v) is 3.25. The fourth-order valence-corrected chi connectivity index (χ4v) is 1.31. The second-order valence-electron chi connectivity index (χ2n) is 3.25. The Labute approximate surface area is 90.6 Å². The highest BCUT2D eigenvalue weighted by molar-refractivity contribution is 6.06. The van der Waals surface area contributed by atoms with Gasteiger partial charge in [-0.05, 0) is 12.1 Å². The van der Waals surface area contributed by atoms with Crippen LogP contribution in [0.5, 0.6) is 0 Å². The zero-order valence-corrected chi connectivity index (χ0v) is 8.17. The van der Waals surface area contributed by atoms with Gasteiger partial charge in [0.15, 0.2) is 6.10 Å². The van der Waals surface area contributed by atoms with Gasteiger partial charge < -0.3 is 4.74 Å². The zero-order valence-electron chi connectivity index (χ0n) is 8.17. The minimum absolute atomic E-state index is 0.120. The summed E-state index contributed by atoms with van der Waals surface area (Å²) in [5, 5.41) is 2.05. The third-order valence-electron chi connectivity index (χ3n) is 2.07. The number of hydrogen-bond donors (Lipinski definition) is 1. The van der Waals surface area contributed by atoms with Gasteiger partial charge in [0.2, 0.25) is 5.91 Å². The summed E-state index contributed by atoms with van der Waals surface area (Å²) in [6, 6.07) is 3.10. The van der Waals surface area contributed by atoms with Gasteiger partial charge >= 0.3 is 5.97 Å². The molecule has 1 aliphatic rings. The Kier molecular flexibility index (Phi) is 2.63.